The van der Waals surface area contributed by atoms with Crippen molar-refractivity contribution in [3.05, 3.63) is 36.8 Å². The molecule has 2 amide bonds. The Morgan fingerprint density at radius 2 is 2.32 bits per heavy atom. The monoisotopic (exact) mass is 266 g/mol. The van der Waals surface area contributed by atoms with Crippen molar-refractivity contribution < 1.29 is 19.1 Å². The number of hydrogen-bond donors (Lipinski definition) is 2. The van der Waals surface area contributed by atoms with Gasteiger partial charge in [0.15, 0.2) is 5.76 Å². The third-order valence-electron chi connectivity index (χ3n) is 2.44. The van der Waals surface area contributed by atoms with E-state index in [4.69, 9.17) is 9.52 Å². The van der Waals surface area contributed by atoms with Crippen LogP contribution >= 0.6 is 0 Å². The summed E-state index contributed by atoms with van der Waals surface area (Å²) in [5, 5.41) is 11.4. The van der Waals surface area contributed by atoms with Crippen molar-refractivity contribution in [2.24, 2.45) is 0 Å². The van der Waals surface area contributed by atoms with Gasteiger partial charge in [0.2, 0.25) is 5.91 Å². The predicted molar refractivity (Wildman–Crippen MR) is 69.5 cm³/mol. The number of nitrogens with one attached hydrogen (secondary N) is 1. The molecule has 19 heavy (non-hydrogen) atoms. The van der Waals surface area contributed by atoms with E-state index in [0.29, 0.717) is 6.54 Å². The van der Waals surface area contributed by atoms with Gasteiger partial charge in [-0.25, -0.2) is 0 Å². The molecule has 0 aromatic carbocycles. The molecule has 0 saturated heterocycles. The van der Waals surface area contributed by atoms with Crippen LogP contribution < -0.4 is 5.32 Å². The maximum absolute atomic E-state index is 11.8. The Morgan fingerprint density at radius 3 is 2.89 bits per heavy atom. The van der Waals surface area contributed by atoms with E-state index >= 15 is 0 Å². The highest BCUT2D eigenvalue weighted by Gasteiger charge is 2.13. The third-order valence-corrected chi connectivity index (χ3v) is 2.44. The Balaban J connectivity index is 2.33. The average Bonchev–Trinajstić information content (AvgIpc) is 2.92. The van der Waals surface area contributed by atoms with Gasteiger partial charge in [0.25, 0.3) is 5.91 Å². The lowest BCUT2D eigenvalue weighted by Gasteiger charge is -2.19. The van der Waals surface area contributed by atoms with Gasteiger partial charge in [-0.15, -0.1) is 6.58 Å². The SMILES string of the molecule is C=CCN(CCO)C(=O)CCNC(=O)c1ccco1. The van der Waals surface area contributed by atoms with Crippen LogP contribution in [0.4, 0.5) is 0 Å². The molecule has 0 bridgehead atoms. The van der Waals surface area contributed by atoms with E-state index in [-0.39, 0.29) is 43.7 Å². The number of amides is 2. The van der Waals surface area contributed by atoms with Crippen molar-refractivity contribution in [2.75, 3.05) is 26.2 Å². The molecule has 0 spiro atoms. The molecule has 2 N–H and O–H groups in total. The summed E-state index contributed by atoms with van der Waals surface area (Å²) in [6.07, 6.45) is 3.17. The molecule has 6 heteroatoms. The maximum Gasteiger partial charge on any atom is 0.286 e. The first kappa shape index (κ1) is 15.0. The topological polar surface area (TPSA) is 82.8 Å². The van der Waals surface area contributed by atoms with E-state index in [1.165, 1.54) is 11.2 Å². The quantitative estimate of drug-likeness (QED) is 0.667. The lowest BCUT2D eigenvalue weighted by atomic mass is 10.3. The van der Waals surface area contributed by atoms with Crippen LogP contribution in [0.25, 0.3) is 0 Å². The van der Waals surface area contributed by atoms with Gasteiger partial charge in [-0.3, -0.25) is 9.59 Å². The Labute approximate surface area is 111 Å². The minimum Gasteiger partial charge on any atom is -0.459 e. The third kappa shape index (κ3) is 4.97. The van der Waals surface area contributed by atoms with E-state index in [9.17, 15) is 9.59 Å². The molecule has 0 fully saturated rings. The van der Waals surface area contributed by atoms with Gasteiger partial charge < -0.3 is 19.7 Å². The number of carbonyl (C=O) groups is 2. The van der Waals surface area contributed by atoms with Gasteiger partial charge in [0.05, 0.1) is 12.9 Å². The summed E-state index contributed by atoms with van der Waals surface area (Å²) in [4.78, 5) is 24.8. The Morgan fingerprint density at radius 1 is 1.53 bits per heavy atom. The molecule has 0 unspecified atom stereocenters. The largest absolute Gasteiger partial charge is 0.459 e. The second-order valence-electron chi connectivity index (χ2n) is 3.84. The molecule has 0 atom stereocenters. The number of carbonyl (C=O) groups excluding carboxylic acids is 2. The van der Waals surface area contributed by atoms with Crippen molar-refractivity contribution in [3.63, 3.8) is 0 Å². The Bertz CT molecular complexity index is 414. The fourth-order valence-corrected chi connectivity index (χ4v) is 1.53. The van der Waals surface area contributed by atoms with Crippen LogP contribution in [0, 0.1) is 0 Å². The molecular formula is C13H18N2O4. The number of hydrogen-bond acceptors (Lipinski definition) is 4. The first-order valence-corrected chi connectivity index (χ1v) is 6.00. The molecule has 0 aliphatic carbocycles. The van der Waals surface area contributed by atoms with Gasteiger partial charge in [-0.05, 0) is 12.1 Å². The van der Waals surface area contributed by atoms with Crippen molar-refractivity contribution in [1.29, 1.82) is 0 Å². The number of aliphatic hydroxyl groups is 1. The zero-order valence-corrected chi connectivity index (χ0v) is 10.7. The van der Waals surface area contributed by atoms with Crippen LogP contribution in [0.2, 0.25) is 0 Å². The molecule has 1 aromatic rings. The fraction of sp³-hybridized carbons (Fsp3) is 0.385. The van der Waals surface area contributed by atoms with E-state index in [2.05, 4.69) is 11.9 Å². The minimum atomic E-state index is -0.352. The molecule has 6 nitrogen and oxygen atoms in total. The molecule has 1 aromatic heterocycles. The van der Waals surface area contributed by atoms with Crippen molar-refractivity contribution in [3.8, 4) is 0 Å². The van der Waals surface area contributed by atoms with E-state index in [1.807, 2.05) is 0 Å². The summed E-state index contributed by atoms with van der Waals surface area (Å²) < 4.78 is 4.92. The minimum absolute atomic E-state index is 0.0989. The van der Waals surface area contributed by atoms with Crippen LogP contribution in [0.5, 0.6) is 0 Å². The molecule has 0 radical (unpaired) electrons. The van der Waals surface area contributed by atoms with Gasteiger partial charge in [-0.2, -0.15) is 0 Å². The smallest absolute Gasteiger partial charge is 0.286 e. The molecular weight excluding hydrogens is 248 g/mol. The standard InChI is InChI=1S/C13H18N2O4/c1-2-7-15(8-9-16)12(17)5-6-14-13(18)11-4-3-10-19-11/h2-4,10,16H,1,5-9H2,(H,14,18). The van der Waals surface area contributed by atoms with Crippen LogP contribution in [0.3, 0.4) is 0 Å². The molecule has 1 heterocycles. The van der Waals surface area contributed by atoms with Crippen LogP contribution in [0.15, 0.2) is 35.5 Å². The summed E-state index contributed by atoms with van der Waals surface area (Å²) in [6.45, 7) is 4.31. The number of aliphatic hydroxyl groups excluding tert-OH is 1. The van der Waals surface area contributed by atoms with E-state index < -0.39 is 0 Å². The summed E-state index contributed by atoms with van der Waals surface area (Å²) in [7, 11) is 0. The predicted octanol–water partition coefficient (Wildman–Crippen LogP) is 0.406. The van der Waals surface area contributed by atoms with E-state index in [1.54, 1.807) is 18.2 Å². The average molecular weight is 266 g/mol. The van der Waals surface area contributed by atoms with Gasteiger partial charge in [-0.1, -0.05) is 6.08 Å². The highest BCUT2D eigenvalue weighted by molar-refractivity contribution is 5.91. The van der Waals surface area contributed by atoms with Crippen molar-refractivity contribution >= 4 is 11.8 Å². The number of nitrogens with zero attached hydrogens (tertiary/aromatic N) is 1. The summed E-state index contributed by atoms with van der Waals surface area (Å²) in [5.74, 6) is -0.283. The first-order chi connectivity index (χ1) is 9.19. The lowest BCUT2D eigenvalue weighted by molar-refractivity contribution is -0.131. The maximum atomic E-state index is 11.8. The van der Waals surface area contributed by atoms with E-state index in [0.717, 1.165) is 0 Å². The van der Waals surface area contributed by atoms with Crippen LogP contribution in [-0.4, -0.2) is 48.1 Å². The molecule has 104 valence electrons. The Kier molecular flexibility index (Phi) is 6.38. The van der Waals surface area contributed by atoms with Crippen molar-refractivity contribution in [2.45, 2.75) is 6.42 Å². The van der Waals surface area contributed by atoms with Crippen molar-refractivity contribution in [1.82, 2.24) is 10.2 Å². The normalized spacial score (nSPS) is 9.95. The van der Waals surface area contributed by atoms with Gasteiger partial charge in [0, 0.05) is 26.1 Å². The molecule has 0 aliphatic rings. The fourth-order valence-electron chi connectivity index (χ4n) is 1.53. The summed E-state index contributed by atoms with van der Waals surface area (Å²) >= 11 is 0. The van der Waals surface area contributed by atoms with Crippen LogP contribution in [-0.2, 0) is 4.79 Å². The first-order valence-electron chi connectivity index (χ1n) is 6.00. The number of rotatable bonds is 8. The molecule has 0 saturated carbocycles. The Hall–Kier alpha value is -2.08. The van der Waals surface area contributed by atoms with Gasteiger partial charge in [0.1, 0.15) is 0 Å². The highest BCUT2D eigenvalue weighted by Crippen LogP contribution is 1.99. The molecule has 1 rings (SSSR count). The van der Waals surface area contributed by atoms with Gasteiger partial charge >= 0.3 is 0 Å². The zero-order chi connectivity index (χ0) is 14.1. The number of furan rings is 1. The molecule has 0 aliphatic heterocycles. The zero-order valence-electron chi connectivity index (χ0n) is 10.7. The summed E-state index contributed by atoms with van der Waals surface area (Å²) in [5.41, 5.74) is 0. The second-order valence-corrected chi connectivity index (χ2v) is 3.84. The lowest BCUT2D eigenvalue weighted by Crippen LogP contribution is -2.36. The second kappa shape index (κ2) is 8.10. The summed E-state index contributed by atoms with van der Waals surface area (Å²) in [6, 6.07) is 3.17. The van der Waals surface area contributed by atoms with Crippen LogP contribution in [0.1, 0.15) is 17.0 Å². The highest BCUT2D eigenvalue weighted by atomic mass is 16.3.